The van der Waals surface area contributed by atoms with Gasteiger partial charge in [-0.25, -0.2) is 0 Å². The highest BCUT2D eigenvalue weighted by Crippen LogP contribution is 2.45. The predicted octanol–water partition coefficient (Wildman–Crippen LogP) is 3.76. The smallest absolute Gasteiger partial charge is 0.00934 e. The summed E-state index contributed by atoms with van der Waals surface area (Å²) >= 11 is 0. The number of allylic oxidation sites excluding steroid dienone is 2. The van der Waals surface area contributed by atoms with Gasteiger partial charge in [-0.15, -0.1) is 0 Å². The molecular weight excluding hydrogens is 168 g/mol. The van der Waals surface area contributed by atoms with Crippen molar-refractivity contribution in [1.29, 1.82) is 0 Å². The first kappa shape index (κ1) is 8.28. The number of hydrogen-bond donors (Lipinski definition) is 0. The van der Waals surface area contributed by atoms with E-state index in [4.69, 9.17) is 0 Å². The Hall–Kier alpha value is -1.04. The van der Waals surface area contributed by atoms with Crippen LogP contribution in [0.5, 0.6) is 0 Å². The maximum absolute atomic E-state index is 2.45. The van der Waals surface area contributed by atoms with Crippen molar-refractivity contribution in [3.8, 4) is 0 Å². The highest BCUT2D eigenvalue weighted by Gasteiger charge is 2.32. The van der Waals surface area contributed by atoms with Crippen LogP contribution >= 0.6 is 0 Å². The minimum absolute atomic E-state index is 0.806. The second kappa shape index (κ2) is 3.27. The Morgan fingerprint density at radius 3 is 2.36 bits per heavy atom. The van der Waals surface area contributed by atoms with Gasteiger partial charge in [-0.2, -0.15) is 0 Å². The van der Waals surface area contributed by atoms with Crippen LogP contribution in [0.4, 0.5) is 0 Å². The van der Waals surface area contributed by atoms with Gasteiger partial charge in [-0.05, 0) is 42.6 Å². The maximum atomic E-state index is 2.45. The fraction of sp³-hybridized carbons (Fsp3) is 0.429. The molecule has 0 heteroatoms. The molecule has 0 N–H and O–H groups in total. The lowest BCUT2D eigenvalue weighted by molar-refractivity contribution is 0.284. The van der Waals surface area contributed by atoms with E-state index in [0.29, 0.717) is 0 Å². The van der Waals surface area contributed by atoms with Crippen molar-refractivity contribution in [3.63, 3.8) is 0 Å². The standard InChI is InChI=1S/C14H16/c1-2-4-12(5-3-1)14-10-11-6-8-13(14)9-7-11/h1-6,8,11,13-14H,7,9-10H2/t11-,13-,14+/m0/s1. The molecule has 0 spiro atoms. The lowest BCUT2D eigenvalue weighted by atomic mass is 9.67. The van der Waals surface area contributed by atoms with Crippen LogP contribution < -0.4 is 0 Å². The average molecular weight is 184 g/mol. The van der Waals surface area contributed by atoms with Crippen molar-refractivity contribution in [2.45, 2.75) is 25.2 Å². The molecule has 0 saturated heterocycles. The SMILES string of the molecule is C1=C[C@H]2CC[C@H]1C[C@@H]2c1ccccc1. The fourth-order valence-corrected chi connectivity index (χ4v) is 3.02. The molecule has 3 aliphatic rings. The molecule has 3 atom stereocenters. The molecule has 4 rings (SSSR count). The van der Waals surface area contributed by atoms with E-state index < -0.39 is 0 Å². The quantitative estimate of drug-likeness (QED) is 0.583. The van der Waals surface area contributed by atoms with Gasteiger partial charge in [0.1, 0.15) is 0 Å². The number of fused-ring (bicyclic) bond motifs is 2. The van der Waals surface area contributed by atoms with Gasteiger partial charge < -0.3 is 0 Å². The Morgan fingerprint density at radius 1 is 0.929 bits per heavy atom. The van der Waals surface area contributed by atoms with Gasteiger partial charge in [-0.3, -0.25) is 0 Å². The molecule has 14 heavy (non-hydrogen) atoms. The van der Waals surface area contributed by atoms with E-state index in [1.807, 2.05) is 0 Å². The summed E-state index contributed by atoms with van der Waals surface area (Å²) in [7, 11) is 0. The van der Waals surface area contributed by atoms with E-state index in [2.05, 4.69) is 42.5 Å². The summed E-state index contributed by atoms with van der Waals surface area (Å²) in [4.78, 5) is 0. The first-order valence-electron chi connectivity index (χ1n) is 5.67. The largest absolute Gasteiger partial charge is 0.0851 e. The predicted molar refractivity (Wildman–Crippen MR) is 59.2 cm³/mol. The van der Waals surface area contributed by atoms with Gasteiger partial charge in [-0.1, -0.05) is 42.5 Å². The summed E-state index contributed by atoms with van der Waals surface area (Å²) in [5.41, 5.74) is 1.55. The summed E-state index contributed by atoms with van der Waals surface area (Å²) in [5, 5.41) is 0. The average Bonchev–Trinajstić information content (AvgIpc) is 2.32. The third-order valence-corrected chi connectivity index (χ3v) is 3.80. The maximum Gasteiger partial charge on any atom is -0.00934 e. The summed E-state index contributed by atoms with van der Waals surface area (Å²) in [5.74, 6) is 2.49. The zero-order valence-electron chi connectivity index (χ0n) is 8.39. The van der Waals surface area contributed by atoms with Crippen LogP contribution in [-0.4, -0.2) is 0 Å². The molecule has 1 aromatic carbocycles. The van der Waals surface area contributed by atoms with Crippen LogP contribution in [0.3, 0.4) is 0 Å². The highest BCUT2D eigenvalue weighted by atomic mass is 14.4. The molecule has 1 aromatic rings. The molecule has 1 fully saturated rings. The van der Waals surface area contributed by atoms with Gasteiger partial charge in [0.25, 0.3) is 0 Å². The van der Waals surface area contributed by atoms with Crippen molar-refractivity contribution < 1.29 is 0 Å². The van der Waals surface area contributed by atoms with Gasteiger partial charge in [0.15, 0.2) is 0 Å². The van der Waals surface area contributed by atoms with Gasteiger partial charge in [0, 0.05) is 0 Å². The van der Waals surface area contributed by atoms with Crippen LogP contribution in [0, 0.1) is 11.8 Å². The lowest BCUT2D eigenvalue weighted by Gasteiger charge is -2.38. The molecule has 0 aromatic heterocycles. The van der Waals surface area contributed by atoms with Gasteiger partial charge in [0.2, 0.25) is 0 Å². The summed E-state index contributed by atoms with van der Waals surface area (Å²) in [6.07, 6.45) is 9.10. The number of rotatable bonds is 1. The molecule has 72 valence electrons. The molecule has 0 nitrogen and oxygen atoms in total. The van der Waals surface area contributed by atoms with Crippen molar-refractivity contribution in [3.05, 3.63) is 48.0 Å². The Kier molecular flexibility index (Phi) is 1.93. The Bertz CT molecular complexity index is 336. The van der Waals surface area contributed by atoms with Crippen LogP contribution in [-0.2, 0) is 0 Å². The summed E-state index contributed by atoms with van der Waals surface area (Å²) in [6, 6.07) is 11.0. The van der Waals surface area contributed by atoms with Crippen LogP contribution in [0.25, 0.3) is 0 Å². The lowest BCUT2D eigenvalue weighted by Crippen LogP contribution is -2.25. The zero-order valence-corrected chi connectivity index (χ0v) is 8.39. The van der Waals surface area contributed by atoms with E-state index in [9.17, 15) is 0 Å². The number of hydrogen-bond acceptors (Lipinski definition) is 0. The minimum Gasteiger partial charge on any atom is -0.0851 e. The third-order valence-electron chi connectivity index (χ3n) is 3.80. The van der Waals surface area contributed by atoms with Crippen LogP contribution in [0.2, 0.25) is 0 Å². The van der Waals surface area contributed by atoms with E-state index in [1.165, 1.54) is 19.3 Å². The minimum atomic E-state index is 0.806. The van der Waals surface area contributed by atoms with Gasteiger partial charge in [0.05, 0.1) is 0 Å². The second-order valence-electron chi connectivity index (χ2n) is 4.64. The number of benzene rings is 1. The van der Waals surface area contributed by atoms with Crippen LogP contribution in [0.1, 0.15) is 30.7 Å². The van der Waals surface area contributed by atoms with Crippen molar-refractivity contribution in [2.75, 3.05) is 0 Å². The Labute approximate surface area is 85.6 Å². The molecule has 0 heterocycles. The van der Waals surface area contributed by atoms with E-state index in [-0.39, 0.29) is 0 Å². The monoisotopic (exact) mass is 184 g/mol. The first-order chi connectivity index (χ1) is 6.93. The second-order valence-corrected chi connectivity index (χ2v) is 4.64. The molecule has 1 saturated carbocycles. The molecule has 3 aliphatic carbocycles. The van der Waals surface area contributed by atoms with Crippen molar-refractivity contribution in [2.24, 2.45) is 11.8 Å². The molecular formula is C14H16. The molecule has 0 amide bonds. The van der Waals surface area contributed by atoms with E-state index in [0.717, 1.165) is 17.8 Å². The van der Waals surface area contributed by atoms with Crippen molar-refractivity contribution in [1.82, 2.24) is 0 Å². The van der Waals surface area contributed by atoms with Gasteiger partial charge >= 0.3 is 0 Å². The van der Waals surface area contributed by atoms with E-state index in [1.54, 1.807) is 5.56 Å². The Balaban J connectivity index is 1.91. The fourth-order valence-electron chi connectivity index (χ4n) is 3.02. The van der Waals surface area contributed by atoms with E-state index >= 15 is 0 Å². The van der Waals surface area contributed by atoms with Crippen molar-refractivity contribution >= 4 is 0 Å². The normalized spacial score (nSPS) is 34.7. The molecule has 0 radical (unpaired) electrons. The summed E-state index contributed by atoms with van der Waals surface area (Å²) in [6.45, 7) is 0. The highest BCUT2D eigenvalue weighted by molar-refractivity contribution is 5.25. The van der Waals surface area contributed by atoms with Crippen LogP contribution in [0.15, 0.2) is 42.5 Å². The summed E-state index contributed by atoms with van der Waals surface area (Å²) < 4.78 is 0. The topological polar surface area (TPSA) is 0 Å². The molecule has 0 aliphatic heterocycles. The first-order valence-corrected chi connectivity index (χ1v) is 5.67. The third kappa shape index (κ3) is 1.30. The Morgan fingerprint density at radius 2 is 1.79 bits per heavy atom. The zero-order chi connectivity index (χ0) is 9.38. The molecule has 2 bridgehead atoms. The molecule has 0 unspecified atom stereocenters.